The monoisotopic (exact) mass is 201 g/mol. The summed E-state index contributed by atoms with van der Waals surface area (Å²) in [5, 5.41) is 14.0. The van der Waals surface area contributed by atoms with Crippen molar-refractivity contribution in [3.05, 3.63) is 6.20 Å². The van der Waals surface area contributed by atoms with E-state index in [0.29, 0.717) is 18.0 Å². The van der Waals surface area contributed by atoms with E-state index in [-0.39, 0.29) is 0 Å². The van der Waals surface area contributed by atoms with E-state index in [0.717, 1.165) is 5.13 Å². The molecule has 4 nitrogen and oxygen atoms in total. The second-order valence-electron chi connectivity index (χ2n) is 3.56. The standard InChI is InChI=1S/C8H15N3OS/c1-8(2,12)3-4-10-7-11-5-6(9)13-7/h5,12H,3-4,9H2,1-2H3,(H,10,11). The lowest BCUT2D eigenvalue weighted by Gasteiger charge is -2.16. The van der Waals surface area contributed by atoms with Crippen molar-refractivity contribution < 1.29 is 5.11 Å². The molecular weight excluding hydrogens is 186 g/mol. The summed E-state index contributed by atoms with van der Waals surface area (Å²) in [6, 6.07) is 0. The Bertz CT molecular complexity index is 267. The number of aliphatic hydroxyl groups is 1. The maximum Gasteiger partial charge on any atom is 0.184 e. The van der Waals surface area contributed by atoms with Gasteiger partial charge in [0, 0.05) is 6.54 Å². The Morgan fingerprint density at radius 2 is 2.38 bits per heavy atom. The van der Waals surface area contributed by atoms with Crippen molar-refractivity contribution in [3.8, 4) is 0 Å². The van der Waals surface area contributed by atoms with Crippen LogP contribution in [-0.4, -0.2) is 22.2 Å². The van der Waals surface area contributed by atoms with Gasteiger partial charge in [0.05, 0.1) is 11.8 Å². The summed E-state index contributed by atoms with van der Waals surface area (Å²) < 4.78 is 0. The van der Waals surface area contributed by atoms with Crippen LogP contribution in [0.2, 0.25) is 0 Å². The van der Waals surface area contributed by atoms with Gasteiger partial charge in [-0.15, -0.1) is 0 Å². The smallest absolute Gasteiger partial charge is 0.184 e. The Balaban J connectivity index is 2.28. The highest BCUT2D eigenvalue weighted by molar-refractivity contribution is 7.19. The Kier molecular flexibility index (Phi) is 3.11. The summed E-state index contributed by atoms with van der Waals surface area (Å²) in [4.78, 5) is 4.04. The number of thiazole rings is 1. The van der Waals surface area contributed by atoms with Crippen LogP contribution in [0.3, 0.4) is 0 Å². The van der Waals surface area contributed by atoms with E-state index in [9.17, 15) is 5.11 Å². The van der Waals surface area contributed by atoms with Gasteiger partial charge < -0.3 is 16.2 Å². The zero-order valence-electron chi connectivity index (χ0n) is 7.87. The molecule has 0 radical (unpaired) electrons. The number of rotatable bonds is 4. The van der Waals surface area contributed by atoms with Crippen molar-refractivity contribution in [2.24, 2.45) is 0 Å². The first-order valence-electron chi connectivity index (χ1n) is 4.15. The third-order valence-electron chi connectivity index (χ3n) is 1.54. The lowest BCUT2D eigenvalue weighted by Crippen LogP contribution is -2.22. The van der Waals surface area contributed by atoms with Crippen LogP contribution in [0.5, 0.6) is 0 Å². The fraction of sp³-hybridized carbons (Fsp3) is 0.625. The molecule has 1 rings (SSSR count). The van der Waals surface area contributed by atoms with Crippen LogP contribution >= 0.6 is 11.3 Å². The molecule has 5 heteroatoms. The predicted octanol–water partition coefficient (Wildman–Crippen LogP) is 1.30. The van der Waals surface area contributed by atoms with Gasteiger partial charge in [-0.25, -0.2) is 4.98 Å². The van der Waals surface area contributed by atoms with Crippen LogP contribution in [-0.2, 0) is 0 Å². The van der Waals surface area contributed by atoms with Gasteiger partial charge in [0.1, 0.15) is 5.00 Å². The summed E-state index contributed by atoms with van der Waals surface area (Å²) >= 11 is 1.41. The van der Waals surface area contributed by atoms with E-state index in [1.54, 1.807) is 20.0 Å². The molecule has 1 heterocycles. The zero-order chi connectivity index (χ0) is 9.90. The van der Waals surface area contributed by atoms with Crippen molar-refractivity contribution in [1.29, 1.82) is 0 Å². The molecule has 0 saturated heterocycles. The van der Waals surface area contributed by atoms with E-state index in [2.05, 4.69) is 10.3 Å². The second kappa shape index (κ2) is 3.93. The largest absolute Gasteiger partial charge is 0.390 e. The van der Waals surface area contributed by atoms with E-state index in [4.69, 9.17) is 5.73 Å². The van der Waals surface area contributed by atoms with Crippen LogP contribution in [0.4, 0.5) is 10.1 Å². The quantitative estimate of drug-likeness (QED) is 0.686. The van der Waals surface area contributed by atoms with E-state index >= 15 is 0 Å². The van der Waals surface area contributed by atoms with Gasteiger partial charge in [0.25, 0.3) is 0 Å². The van der Waals surface area contributed by atoms with Crippen LogP contribution in [0.1, 0.15) is 20.3 Å². The number of hydrogen-bond donors (Lipinski definition) is 3. The average molecular weight is 201 g/mol. The molecule has 1 aromatic rings. The van der Waals surface area contributed by atoms with Crippen LogP contribution in [0.25, 0.3) is 0 Å². The maximum absolute atomic E-state index is 9.42. The first-order valence-corrected chi connectivity index (χ1v) is 4.96. The minimum absolute atomic E-state index is 0.629. The molecule has 0 unspecified atom stereocenters. The van der Waals surface area contributed by atoms with Gasteiger partial charge >= 0.3 is 0 Å². The van der Waals surface area contributed by atoms with Crippen LogP contribution in [0.15, 0.2) is 6.20 Å². The minimum Gasteiger partial charge on any atom is -0.390 e. The molecule has 0 aliphatic heterocycles. The third-order valence-corrected chi connectivity index (χ3v) is 2.32. The maximum atomic E-state index is 9.42. The number of hydrogen-bond acceptors (Lipinski definition) is 5. The molecule has 13 heavy (non-hydrogen) atoms. The Hall–Kier alpha value is -0.810. The van der Waals surface area contributed by atoms with Gasteiger partial charge in [-0.05, 0) is 20.3 Å². The highest BCUT2D eigenvalue weighted by atomic mass is 32.1. The van der Waals surface area contributed by atoms with Crippen molar-refractivity contribution >= 4 is 21.5 Å². The molecule has 4 N–H and O–H groups in total. The Labute approximate surface area is 81.8 Å². The summed E-state index contributed by atoms with van der Waals surface area (Å²) in [5.74, 6) is 0. The first-order chi connectivity index (χ1) is 5.97. The fourth-order valence-electron chi connectivity index (χ4n) is 0.844. The lowest BCUT2D eigenvalue weighted by molar-refractivity contribution is 0.0749. The van der Waals surface area contributed by atoms with Gasteiger partial charge in [-0.2, -0.15) is 0 Å². The van der Waals surface area contributed by atoms with E-state index in [1.165, 1.54) is 11.3 Å². The highest BCUT2D eigenvalue weighted by Gasteiger charge is 2.11. The highest BCUT2D eigenvalue weighted by Crippen LogP contribution is 2.19. The fourth-order valence-corrected chi connectivity index (χ4v) is 1.45. The number of nitrogens with zero attached hydrogens (tertiary/aromatic N) is 1. The molecule has 0 atom stereocenters. The molecule has 0 amide bonds. The number of nitrogens with two attached hydrogens (primary N) is 1. The van der Waals surface area contributed by atoms with E-state index in [1.807, 2.05) is 0 Å². The zero-order valence-corrected chi connectivity index (χ0v) is 8.69. The third kappa shape index (κ3) is 4.10. The van der Waals surface area contributed by atoms with Gasteiger partial charge in [0.2, 0.25) is 0 Å². The molecule has 0 aromatic carbocycles. The number of nitrogens with one attached hydrogen (secondary N) is 1. The van der Waals surface area contributed by atoms with Crippen molar-refractivity contribution in [2.45, 2.75) is 25.9 Å². The van der Waals surface area contributed by atoms with Crippen molar-refractivity contribution in [3.63, 3.8) is 0 Å². The molecular formula is C8H15N3OS. The molecule has 0 spiro atoms. The molecule has 0 aliphatic rings. The first kappa shape index (κ1) is 10.3. The number of aromatic nitrogens is 1. The Morgan fingerprint density at radius 1 is 1.69 bits per heavy atom. The van der Waals surface area contributed by atoms with Gasteiger partial charge in [-0.3, -0.25) is 0 Å². The van der Waals surface area contributed by atoms with Gasteiger partial charge in [-0.1, -0.05) is 11.3 Å². The summed E-state index contributed by atoms with van der Waals surface area (Å²) in [6.07, 6.45) is 2.31. The summed E-state index contributed by atoms with van der Waals surface area (Å²) in [7, 11) is 0. The van der Waals surface area contributed by atoms with E-state index < -0.39 is 5.60 Å². The SMILES string of the molecule is CC(C)(O)CCNc1ncc(N)s1. The number of nitrogen functional groups attached to an aromatic ring is 1. The topological polar surface area (TPSA) is 71.2 Å². The molecule has 0 fully saturated rings. The normalized spacial score (nSPS) is 11.6. The second-order valence-corrected chi connectivity index (χ2v) is 4.62. The van der Waals surface area contributed by atoms with Gasteiger partial charge in [0.15, 0.2) is 5.13 Å². The predicted molar refractivity (Wildman–Crippen MR) is 55.9 cm³/mol. The average Bonchev–Trinajstić information content (AvgIpc) is 2.33. The molecule has 0 saturated carbocycles. The molecule has 74 valence electrons. The molecule has 1 aromatic heterocycles. The van der Waals surface area contributed by atoms with Crippen LogP contribution < -0.4 is 11.1 Å². The van der Waals surface area contributed by atoms with Crippen LogP contribution in [0, 0.1) is 0 Å². The Morgan fingerprint density at radius 3 is 2.85 bits per heavy atom. The number of anilines is 2. The summed E-state index contributed by atoms with van der Waals surface area (Å²) in [5.41, 5.74) is 4.87. The van der Waals surface area contributed by atoms with Crippen molar-refractivity contribution in [1.82, 2.24) is 4.98 Å². The molecule has 0 bridgehead atoms. The lowest BCUT2D eigenvalue weighted by atomic mass is 10.1. The van der Waals surface area contributed by atoms with Crippen molar-refractivity contribution in [2.75, 3.05) is 17.6 Å². The summed E-state index contributed by atoms with van der Waals surface area (Å²) in [6.45, 7) is 4.27. The molecule has 0 aliphatic carbocycles. The minimum atomic E-state index is -0.629.